The lowest BCUT2D eigenvalue weighted by Gasteiger charge is -2.11. The summed E-state index contributed by atoms with van der Waals surface area (Å²) in [6.45, 7) is -0.0122. The van der Waals surface area contributed by atoms with Gasteiger partial charge in [0, 0.05) is 6.54 Å². The van der Waals surface area contributed by atoms with E-state index in [1.807, 2.05) is 17.5 Å². The lowest BCUT2D eigenvalue weighted by molar-refractivity contribution is 0.182. The number of aliphatic hydroxyl groups is 1. The van der Waals surface area contributed by atoms with Crippen molar-refractivity contribution in [1.82, 2.24) is 4.72 Å². The zero-order valence-corrected chi connectivity index (χ0v) is 13.9. The number of sulfonamides is 1. The van der Waals surface area contributed by atoms with E-state index >= 15 is 0 Å². The molecular formula is C15H19NO4S2. The van der Waals surface area contributed by atoms with Crippen LogP contribution in [0, 0.1) is 0 Å². The molecule has 120 valence electrons. The van der Waals surface area contributed by atoms with Crippen molar-refractivity contribution in [2.45, 2.75) is 12.5 Å². The molecule has 0 amide bonds. The van der Waals surface area contributed by atoms with Gasteiger partial charge in [-0.05, 0) is 46.5 Å². The molecule has 5 nitrogen and oxygen atoms in total. The van der Waals surface area contributed by atoms with Gasteiger partial charge in [-0.15, -0.1) is 0 Å². The molecule has 0 spiro atoms. The highest BCUT2D eigenvalue weighted by atomic mass is 32.2. The Bertz CT molecular complexity index is 666. The standard InChI is InChI=1S/C15H19NO4S2/c1-20-14-4-2-12(3-5-14)7-9-22(18,19)16-10-15(17)13-6-8-21-11-13/h2-6,8,11,15-17H,7,9-10H2,1H3/t15-/m1/s1. The van der Waals surface area contributed by atoms with Crippen LogP contribution < -0.4 is 9.46 Å². The molecule has 0 aliphatic carbocycles. The van der Waals surface area contributed by atoms with E-state index in [0.717, 1.165) is 16.9 Å². The first-order valence-electron chi connectivity index (χ1n) is 6.80. The van der Waals surface area contributed by atoms with Gasteiger partial charge in [-0.2, -0.15) is 11.3 Å². The van der Waals surface area contributed by atoms with Crippen molar-refractivity contribution in [2.75, 3.05) is 19.4 Å². The topological polar surface area (TPSA) is 75.6 Å². The second-order valence-electron chi connectivity index (χ2n) is 4.84. The Morgan fingerprint density at radius 3 is 2.59 bits per heavy atom. The van der Waals surface area contributed by atoms with Crippen LogP contribution in [0.25, 0.3) is 0 Å². The van der Waals surface area contributed by atoms with Gasteiger partial charge in [-0.3, -0.25) is 0 Å². The molecule has 0 unspecified atom stereocenters. The summed E-state index contributed by atoms with van der Waals surface area (Å²) in [5, 5.41) is 13.5. The Morgan fingerprint density at radius 1 is 1.27 bits per heavy atom. The first-order valence-corrected chi connectivity index (χ1v) is 9.40. The third kappa shape index (κ3) is 5.10. The van der Waals surface area contributed by atoms with E-state index in [1.165, 1.54) is 11.3 Å². The predicted octanol–water partition coefficient (Wildman–Crippen LogP) is 1.95. The van der Waals surface area contributed by atoms with Crippen LogP contribution in [0.3, 0.4) is 0 Å². The fourth-order valence-electron chi connectivity index (χ4n) is 1.90. The number of hydrogen-bond acceptors (Lipinski definition) is 5. The van der Waals surface area contributed by atoms with E-state index in [9.17, 15) is 13.5 Å². The lowest BCUT2D eigenvalue weighted by atomic mass is 10.2. The Hall–Kier alpha value is -1.41. The minimum atomic E-state index is -3.42. The summed E-state index contributed by atoms with van der Waals surface area (Å²) in [5.74, 6) is 0.721. The van der Waals surface area contributed by atoms with Crippen LogP contribution in [0.1, 0.15) is 17.2 Å². The maximum atomic E-state index is 12.0. The van der Waals surface area contributed by atoms with Gasteiger partial charge in [-0.25, -0.2) is 13.1 Å². The molecule has 2 N–H and O–H groups in total. The number of hydrogen-bond donors (Lipinski definition) is 2. The van der Waals surface area contributed by atoms with E-state index in [-0.39, 0.29) is 12.3 Å². The van der Waals surface area contributed by atoms with Gasteiger partial charge in [0.05, 0.1) is 19.0 Å². The Labute approximate surface area is 134 Å². The van der Waals surface area contributed by atoms with Gasteiger partial charge in [0.15, 0.2) is 0 Å². The first kappa shape index (κ1) is 17.0. The largest absolute Gasteiger partial charge is 0.497 e. The third-order valence-corrected chi connectivity index (χ3v) is 5.29. The summed E-state index contributed by atoms with van der Waals surface area (Å²) in [5.41, 5.74) is 1.65. The number of methoxy groups -OCH3 is 1. The highest BCUT2D eigenvalue weighted by Crippen LogP contribution is 2.15. The van der Waals surface area contributed by atoms with Crippen molar-refractivity contribution in [3.8, 4) is 5.75 Å². The summed E-state index contributed by atoms with van der Waals surface area (Å²) in [6.07, 6.45) is -0.407. The number of aliphatic hydroxyl groups excluding tert-OH is 1. The number of rotatable bonds is 8. The van der Waals surface area contributed by atoms with Crippen molar-refractivity contribution in [2.24, 2.45) is 0 Å². The SMILES string of the molecule is COc1ccc(CCS(=O)(=O)NC[C@@H](O)c2ccsc2)cc1. The van der Waals surface area contributed by atoms with Crippen molar-refractivity contribution in [3.05, 3.63) is 52.2 Å². The average molecular weight is 341 g/mol. The minimum absolute atomic E-state index is 0.0122. The van der Waals surface area contributed by atoms with Crippen LogP contribution in [0.4, 0.5) is 0 Å². The van der Waals surface area contributed by atoms with Crippen molar-refractivity contribution in [3.63, 3.8) is 0 Å². The molecule has 1 atom stereocenters. The van der Waals surface area contributed by atoms with Crippen LogP contribution in [0.15, 0.2) is 41.1 Å². The molecule has 2 rings (SSSR count). The number of nitrogens with one attached hydrogen (secondary N) is 1. The van der Waals surface area contributed by atoms with E-state index in [4.69, 9.17) is 4.74 Å². The monoisotopic (exact) mass is 341 g/mol. The summed E-state index contributed by atoms with van der Waals surface area (Å²) >= 11 is 1.46. The third-order valence-electron chi connectivity index (χ3n) is 3.24. The molecule has 0 aliphatic rings. The van der Waals surface area contributed by atoms with Gasteiger partial charge in [0.25, 0.3) is 0 Å². The number of ether oxygens (including phenoxy) is 1. The van der Waals surface area contributed by atoms with E-state index < -0.39 is 16.1 Å². The number of benzene rings is 1. The number of thiophene rings is 1. The maximum Gasteiger partial charge on any atom is 0.212 e. The van der Waals surface area contributed by atoms with Gasteiger partial charge >= 0.3 is 0 Å². The Morgan fingerprint density at radius 2 is 2.00 bits per heavy atom. The molecule has 7 heteroatoms. The fraction of sp³-hybridized carbons (Fsp3) is 0.333. The molecule has 0 saturated heterocycles. The van der Waals surface area contributed by atoms with E-state index in [1.54, 1.807) is 30.7 Å². The Balaban J connectivity index is 1.82. The maximum absolute atomic E-state index is 12.0. The molecule has 1 aromatic heterocycles. The predicted molar refractivity (Wildman–Crippen MR) is 87.8 cm³/mol. The molecular weight excluding hydrogens is 322 g/mol. The molecule has 22 heavy (non-hydrogen) atoms. The normalized spacial score (nSPS) is 13.0. The average Bonchev–Trinajstić information content (AvgIpc) is 3.06. The van der Waals surface area contributed by atoms with Gasteiger partial charge in [0.2, 0.25) is 10.0 Å². The van der Waals surface area contributed by atoms with E-state index in [0.29, 0.717) is 6.42 Å². The molecule has 1 heterocycles. The fourth-order valence-corrected chi connectivity index (χ4v) is 3.67. The lowest BCUT2D eigenvalue weighted by Crippen LogP contribution is -2.31. The smallest absolute Gasteiger partial charge is 0.212 e. The molecule has 0 saturated carbocycles. The first-order chi connectivity index (χ1) is 10.5. The second kappa shape index (κ2) is 7.73. The van der Waals surface area contributed by atoms with Gasteiger partial charge < -0.3 is 9.84 Å². The highest BCUT2D eigenvalue weighted by Gasteiger charge is 2.14. The van der Waals surface area contributed by atoms with Crippen molar-refractivity contribution < 1.29 is 18.3 Å². The highest BCUT2D eigenvalue weighted by molar-refractivity contribution is 7.89. The zero-order valence-electron chi connectivity index (χ0n) is 12.2. The zero-order chi connectivity index (χ0) is 16.0. The molecule has 2 aromatic rings. The Kier molecular flexibility index (Phi) is 5.96. The quantitative estimate of drug-likeness (QED) is 0.769. The van der Waals surface area contributed by atoms with Crippen LogP contribution in [0.5, 0.6) is 5.75 Å². The molecule has 0 fully saturated rings. The van der Waals surface area contributed by atoms with Crippen LogP contribution >= 0.6 is 11.3 Å². The molecule has 0 radical (unpaired) electrons. The molecule has 0 aliphatic heterocycles. The van der Waals surface area contributed by atoms with Gasteiger partial charge in [-0.1, -0.05) is 12.1 Å². The summed E-state index contributed by atoms with van der Waals surface area (Å²) in [6, 6.07) is 9.06. The summed E-state index contributed by atoms with van der Waals surface area (Å²) in [4.78, 5) is 0. The van der Waals surface area contributed by atoms with Crippen molar-refractivity contribution in [1.29, 1.82) is 0 Å². The second-order valence-corrected chi connectivity index (χ2v) is 7.54. The van der Waals surface area contributed by atoms with Crippen molar-refractivity contribution >= 4 is 21.4 Å². The van der Waals surface area contributed by atoms with Crippen LogP contribution in [0.2, 0.25) is 0 Å². The number of aryl methyl sites for hydroxylation is 1. The van der Waals surface area contributed by atoms with Crippen LogP contribution in [-0.2, 0) is 16.4 Å². The van der Waals surface area contributed by atoms with Gasteiger partial charge in [0.1, 0.15) is 5.75 Å². The molecule has 0 bridgehead atoms. The summed E-state index contributed by atoms with van der Waals surface area (Å²) in [7, 11) is -1.83. The van der Waals surface area contributed by atoms with Crippen LogP contribution in [-0.4, -0.2) is 32.9 Å². The minimum Gasteiger partial charge on any atom is -0.497 e. The van der Waals surface area contributed by atoms with E-state index in [2.05, 4.69) is 4.72 Å². The molecule has 1 aromatic carbocycles. The summed E-state index contributed by atoms with van der Waals surface area (Å²) < 4.78 is 31.4.